The van der Waals surface area contributed by atoms with Crippen molar-refractivity contribution in [1.29, 1.82) is 0 Å². The smallest absolute Gasteiger partial charge is 0.247 e. The molecule has 1 aromatic heterocycles. The van der Waals surface area contributed by atoms with E-state index < -0.39 is 10.0 Å². The standard InChI is InChI=1S/C13H24N4O2S/c1-9-5-6-10(2)17(8-9)20(18,19)13-11(3)15-16-12(13)7-14-4/h9-10,14H,5-8H2,1-4H3,(H,15,16). The van der Waals surface area contributed by atoms with Crippen LogP contribution in [0.25, 0.3) is 0 Å². The molecule has 0 saturated carbocycles. The lowest BCUT2D eigenvalue weighted by Gasteiger charge is -2.35. The highest BCUT2D eigenvalue weighted by Gasteiger charge is 2.36. The third kappa shape index (κ3) is 2.75. The van der Waals surface area contributed by atoms with Crippen LogP contribution in [0.1, 0.15) is 38.1 Å². The number of aromatic amines is 1. The highest BCUT2D eigenvalue weighted by atomic mass is 32.2. The van der Waals surface area contributed by atoms with Gasteiger partial charge in [-0.2, -0.15) is 9.40 Å². The van der Waals surface area contributed by atoms with Crippen LogP contribution in [0.5, 0.6) is 0 Å². The van der Waals surface area contributed by atoms with E-state index in [0.717, 1.165) is 12.8 Å². The molecule has 0 amide bonds. The molecule has 6 nitrogen and oxygen atoms in total. The first-order valence-electron chi connectivity index (χ1n) is 7.08. The van der Waals surface area contributed by atoms with Gasteiger partial charge in [0.2, 0.25) is 10.0 Å². The Hall–Kier alpha value is -0.920. The van der Waals surface area contributed by atoms with Gasteiger partial charge in [-0.3, -0.25) is 5.10 Å². The van der Waals surface area contributed by atoms with Crippen LogP contribution in [0, 0.1) is 12.8 Å². The Bertz CT molecular complexity index is 567. The first-order valence-corrected chi connectivity index (χ1v) is 8.52. The molecule has 2 rings (SSSR count). The minimum Gasteiger partial charge on any atom is -0.314 e. The maximum atomic E-state index is 13.0. The Kier molecular flexibility index (Phi) is 4.51. The summed E-state index contributed by atoms with van der Waals surface area (Å²) in [5.41, 5.74) is 1.18. The van der Waals surface area contributed by atoms with E-state index in [0.29, 0.717) is 35.3 Å². The molecule has 1 aromatic rings. The van der Waals surface area contributed by atoms with E-state index in [1.807, 2.05) is 6.92 Å². The predicted molar refractivity (Wildman–Crippen MR) is 77.8 cm³/mol. The van der Waals surface area contributed by atoms with E-state index in [9.17, 15) is 8.42 Å². The number of sulfonamides is 1. The Labute approximate surface area is 121 Å². The second kappa shape index (κ2) is 5.83. The van der Waals surface area contributed by atoms with Crippen molar-refractivity contribution < 1.29 is 8.42 Å². The zero-order chi connectivity index (χ0) is 14.9. The number of rotatable bonds is 4. The van der Waals surface area contributed by atoms with Crippen molar-refractivity contribution in [2.75, 3.05) is 13.6 Å². The fourth-order valence-electron chi connectivity index (χ4n) is 2.80. The molecule has 0 aromatic carbocycles. The number of aromatic nitrogens is 2. The average Bonchev–Trinajstić information content (AvgIpc) is 2.74. The summed E-state index contributed by atoms with van der Waals surface area (Å²) in [6.45, 7) is 6.88. The van der Waals surface area contributed by atoms with E-state index >= 15 is 0 Å². The number of nitrogens with zero attached hydrogens (tertiary/aromatic N) is 2. The van der Waals surface area contributed by atoms with Crippen molar-refractivity contribution in [2.24, 2.45) is 5.92 Å². The van der Waals surface area contributed by atoms with Gasteiger partial charge in [-0.15, -0.1) is 0 Å². The van der Waals surface area contributed by atoms with Crippen LogP contribution in [0.2, 0.25) is 0 Å². The van der Waals surface area contributed by atoms with E-state index in [2.05, 4.69) is 22.4 Å². The molecule has 114 valence electrons. The number of H-pyrrole nitrogens is 1. The van der Waals surface area contributed by atoms with Crippen molar-refractivity contribution in [3.8, 4) is 0 Å². The van der Waals surface area contributed by atoms with Gasteiger partial charge in [0.05, 0.1) is 11.4 Å². The molecule has 2 N–H and O–H groups in total. The fourth-order valence-corrected chi connectivity index (χ4v) is 4.91. The van der Waals surface area contributed by atoms with Crippen LogP contribution in [-0.2, 0) is 16.6 Å². The Morgan fingerprint density at radius 3 is 2.75 bits per heavy atom. The van der Waals surface area contributed by atoms with Gasteiger partial charge in [0.1, 0.15) is 4.90 Å². The zero-order valence-corrected chi connectivity index (χ0v) is 13.4. The van der Waals surface area contributed by atoms with Gasteiger partial charge in [-0.1, -0.05) is 6.92 Å². The topological polar surface area (TPSA) is 78.1 Å². The van der Waals surface area contributed by atoms with E-state index in [1.165, 1.54) is 0 Å². The van der Waals surface area contributed by atoms with E-state index in [4.69, 9.17) is 0 Å². The normalized spacial score (nSPS) is 25.0. The highest BCUT2D eigenvalue weighted by molar-refractivity contribution is 7.89. The van der Waals surface area contributed by atoms with Crippen molar-refractivity contribution in [3.63, 3.8) is 0 Å². The molecule has 1 aliphatic rings. The third-order valence-corrected chi connectivity index (χ3v) is 6.12. The second-order valence-corrected chi connectivity index (χ2v) is 7.59. The summed E-state index contributed by atoms with van der Waals surface area (Å²) in [6, 6.07) is 0.0490. The van der Waals surface area contributed by atoms with Gasteiger partial charge in [-0.05, 0) is 39.7 Å². The van der Waals surface area contributed by atoms with E-state index in [1.54, 1.807) is 18.3 Å². The summed E-state index contributed by atoms with van der Waals surface area (Å²) in [6.07, 6.45) is 2.00. The molecule has 1 aliphatic heterocycles. The van der Waals surface area contributed by atoms with Crippen LogP contribution < -0.4 is 5.32 Å². The molecule has 2 unspecified atom stereocenters. The molecular formula is C13H24N4O2S. The van der Waals surface area contributed by atoms with Gasteiger partial charge >= 0.3 is 0 Å². The van der Waals surface area contributed by atoms with Crippen molar-refractivity contribution in [3.05, 3.63) is 11.4 Å². The SMILES string of the molecule is CNCc1n[nH]c(C)c1S(=O)(=O)N1CC(C)CCC1C. The van der Waals surface area contributed by atoms with Crippen LogP contribution in [0.15, 0.2) is 4.90 Å². The first-order chi connectivity index (χ1) is 9.37. The quantitative estimate of drug-likeness (QED) is 0.877. The molecule has 0 radical (unpaired) electrons. The number of hydrogen-bond donors (Lipinski definition) is 2. The van der Waals surface area contributed by atoms with Gasteiger partial charge < -0.3 is 5.32 Å². The Balaban J connectivity index is 2.41. The average molecular weight is 300 g/mol. The summed E-state index contributed by atoms with van der Waals surface area (Å²) in [7, 11) is -1.70. The number of aryl methyl sites for hydroxylation is 1. The summed E-state index contributed by atoms with van der Waals surface area (Å²) in [5.74, 6) is 0.404. The molecule has 20 heavy (non-hydrogen) atoms. The molecule has 2 atom stereocenters. The highest BCUT2D eigenvalue weighted by Crippen LogP contribution is 2.30. The van der Waals surface area contributed by atoms with Crippen LogP contribution in [0.3, 0.4) is 0 Å². The summed E-state index contributed by atoms with van der Waals surface area (Å²) >= 11 is 0. The molecule has 1 fully saturated rings. The van der Waals surface area contributed by atoms with Gasteiger partial charge in [0, 0.05) is 19.1 Å². The minimum absolute atomic E-state index is 0.0490. The van der Waals surface area contributed by atoms with Crippen molar-refractivity contribution >= 4 is 10.0 Å². The van der Waals surface area contributed by atoms with Gasteiger partial charge in [0.25, 0.3) is 0 Å². The van der Waals surface area contributed by atoms with Crippen LogP contribution in [-0.4, -0.2) is 42.6 Å². The first kappa shape index (κ1) is 15.5. The predicted octanol–water partition coefficient (Wildman–Crippen LogP) is 1.25. The van der Waals surface area contributed by atoms with Crippen molar-refractivity contribution in [2.45, 2.75) is 51.1 Å². The van der Waals surface area contributed by atoms with Crippen LogP contribution >= 0.6 is 0 Å². The lowest BCUT2D eigenvalue weighted by Crippen LogP contribution is -2.45. The summed E-state index contributed by atoms with van der Waals surface area (Å²) in [5, 5.41) is 9.88. The molecule has 1 saturated heterocycles. The number of piperidine rings is 1. The second-order valence-electron chi connectivity index (χ2n) is 5.76. The van der Waals surface area contributed by atoms with Gasteiger partial charge in [-0.25, -0.2) is 8.42 Å². The third-order valence-electron chi connectivity index (χ3n) is 3.93. The largest absolute Gasteiger partial charge is 0.314 e. The maximum Gasteiger partial charge on any atom is 0.247 e. The lowest BCUT2D eigenvalue weighted by atomic mass is 9.97. The molecule has 2 heterocycles. The Morgan fingerprint density at radius 1 is 1.40 bits per heavy atom. The van der Waals surface area contributed by atoms with Crippen molar-refractivity contribution in [1.82, 2.24) is 19.8 Å². The molecular weight excluding hydrogens is 276 g/mol. The Morgan fingerprint density at radius 2 is 2.10 bits per heavy atom. The molecule has 7 heteroatoms. The molecule has 0 aliphatic carbocycles. The van der Waals surface area contributed by atoms with Crippen LogP contribution in [0.4, 0.5) is 0 Å². The van der Waals surface area contributed by atoms with E-state index in [-0.39, 0.29) is 6.04 Å². The fraction of sp³-hybridized carbons (Fsp3) is 0.769. The monoisotopic (exact) mass is 300 g/mol. The summed E-state index contributed by atoms with van der Waals surface area (Å²) < 4.78 is 27.6. The zero-order valence-electron chi connectivity index (χ0n) is 12.6. The van der Waals surface area contributed by atoms with Gasteiger partial charge in [0.15, 0.2) is 0 Å². The molecule has 0 spiro atoms. The maximum absolute atomic E-state index is 13.0. The minimum atomic E-state index is -3.48. The summed E-state index contributed by atoms with van der Waals surface area (Å²) in [4.78, 5) is 0.341. The molecule has 0 bridgehead atoms. The lowest BCUT2D eigenvalue weighted by molar-refractivity contribution is 0.218. The number of nitrogens with one attached hydrogen (secondary N) is 2. The number of hydrogen-bond acceptors (Lipinski definition) is 4.